The van der Waals surface area contributed by atoms with E-state index in [1.807, 2.05) is 31.3 Å². The predicted octanol–water partition coefficient (Wildman–Crippen LogP) is 2.69. The van der Waals surface area contributed by atoms with Crippen molar-refractivity contribution in [1.29, 1.82) is 0 Å². The van der Waals surface area contributed by atoms with Gasteiger partial charge < -0.3 is 19.5 Å². The van der Waals surface area contributed by atoms with Gasteiger partial charge in [-0.1, -0.05) is 0 Å². The van der Waals surface area contributed by atoms with Crippen molar-refractivity contribution in [3.8, 4) is 28.5 Å². The second-order valence-electron chi connectivity index (χ2n) is 6.74. The number of ether oxygens (including phenoxy) is 3. The van der Waals surface area contributed by atoms with Gasteiger partial charge in [0.15, 0.2) is 11.5 Å². The number of nitrogens with one attached hydrogen (secondary N) is 1. The lowest BCUT2D eigenvalue weighted by Gasteiger charge is -2.25. The van der Waals surface area contributed by atoms with E-state index in [4.69, 9.17) is 14.2 Å². The Hall–Kier alpha value is -3.55. The molecule has 0 aliphatic carbocycles. The van der Waals surface area contributed by atoms with E-state index < -0.39 is 0 Å². The van der Waals surface area contributed by atoms with Crippen LogP contribution in [0.3, 0.4) is 0 Å². The summed E-state index contributed by atoms with van der Waals surface area (Å²) in [5, 5.41) is 7.62. The van der Waals surface area contributed by atoms with Gasteiger partial charge in [-0.25, -0.2) is 0 Å². The van der Waals surface area contributed by atoms with Gasteiger partial charge in [-0.3, -0.25) is 14.5 Å². The molecule has 5 rings (SSSR count). The first-order valence-electron chi connectivity index (χ1n) is 8.90. The number of carbonyl (C=O) groups excluding carboxylic acids is 1. The molecule has 2 aromatic heterocycles. The van der Waals surface area contributed by atoms with E-state index in [1.54, 1.807) is 24.2 Å². The summed E-state index contributed by atoms with van der Waals surface area (Å²) in [4.78, 5) is 16.7. The van der Waals surface area contributed by atoms with E-state index in [1.165, 1.54) is 0 Å². The minimum atomic E-state index is -0.198. The quantitative estimate of drug-likeness (QED) is 0.754. The second kappa shape index (κ2) is 6.26. The van der Waals surface area contributed by atoms with Crippen LogP contribution in [0.4, 0.5) is 5.82 Å². The first-order chi connectivity index (χ1) is 13.7. The SMILES string of the molecule is COc1cc([C@@H]2CC(=O)Nc3c2c(-c2cccnc2)nn3C)cc2c1OCO2. The summed E-state index contributed by atoms with van der Waals surface area (Å²) < 4.78 is 18.3. The van der Waals surface area contributed by atoms with E-state index in [2.05, 4.69) is 15.4 Å². The summed E-state index contributed by atoms with van der Waals surface area (Å²) >= 11 is 0. The number of anilines is 1. The molecule has 1 aromatic carbocycles. The van der Waals surface area contributed by atoms with Gasteiger partial charge in [0.2, 0.25) is 18.4 Å². The highest BCUT2D eigenvalue weighted by molar-refractivity contribution is 5.96. The molecule has 28 heavy (non-hydrogen) atoms. The highest BCUT2D eigenvalue weighted by atomic mass is 16.7. The molecular weight excluding hydrogens is 360 g/mol. The van der Waals surface area contributed by atoms with Crippen LogP contribution in [0, 0.1) is 0 Å². The fraction of sp³-hybridized carbons (Fsp3) is 0.250. The Morgan fingerprint density at radius 1 is 1.32 bits per heavy atom. The molecule has 1 atom stereocenters. The number of fused-ring (bicyclic) bond motifs is 2. The van der Waals surface area contributed by atoms with E-state index in [0.717, 1.165) is 22.4 Å². The molecule has 2 aliphatic rings. The van der Waals surface area contributed by atoms with Gasteiger partial charge in [-0.2, -0.15) is 5.10 Å². The standard InChI is InChI=1S/C20H18N4O4/c1-24-20-17(18(23-24)11-4-3-5-21-9-11)13(8-16(25)22-20)12-6-14(26-2)19-15(7-12)27-10-28-19/h3-7,9,13H,8,10H2,1-2H3,(H,22,25)/t13-/m0/s1. The zero-order chi connectivity index (χ0) is 19.3. The predicted molar refractivity (Wildman–Crippen MR) is 101 cm³/mol. The normalized spacial score (nSPS) is 17.2. The maximum Gasteiger partial charge on any atom is 0.231 e. The fourth-order valence-corrected chi connectivity index (χ4v) is 3.84. The zero-order valence-corrected chi connectivity index (χ0v) is 15.4. The maximum absolute atomic E-state index is 12.4. The Morgan fingerprint density at radius 3 is 3.00 bits per heavy atom. The van der Waals surface area contributed by atoms with Crippen molar-refractivity contribution in [2.24, 2.45) is 7.05 Å². The third kappa shape index (κ3) is 2.49. The number of benzene rings is 1. The molecule has 142 valence electrons. The van der Waals surface area contributed by atoms with Crippen molar-refractivity contribution in [2.45, 2.75) is 12.3 Å². The van der Waals surface area contributed by atoms with Gasteiger partial charge in [0.25, 0.3) is 0 Å². The number of carbonyl (C=O) groups is 1. The average molecular weight is 378 g/mol. The van der Waals surface area contributed by atoms with Crippen molar-refractivity contribution in [2.75, 3.05) is 19.2 Å². The first kappa shape index (κ1) is 16.6. The van der Waals surface area contributed by atoms with Crippen LogP contribution in [0.1, 0.15) is 23.5 Å². The van der Waals surface area contributed by atoms with Crippen LogP contribution in [0.15, 0.2) is 36.7 Å². The van der Waals surface area contributed by atoms with Crippen LogP contribution in [0.2, 0.25) is 0 Å². The number of rotatable bonds is 3. The lowest BCUT2D eigenvalue weighted by atomic mass is 9.84. The van der Waals surface area contributed by atoms with Crippen molar-refractivity contribution in [3.05, 3.63) is 47.8 Å². The molecule has 0 spiro atoms. The molecule has 2 aliphatic heterocycles. The lowest BCUT2D eigenvalue weighted by Crippen LogP contribution is -2.24. The van der Waals surface area contributed by atoms with Crippen molar-refractivity contribution >= 4 is 11.7 Å². The highest BCUT2D eigenvalue weighted by Gasteiger charge is 2.35. The largest absolute Gasteiger partial charge is 0.493 e. The number of methoxy groups -OCH3 is 1. The number of pyridine rings is 1. The Balaban J connectivity index is 1.71. The van der Waals surface area contributed by atoms with E-state index in [-0.39, 0.29) is 18.6 Å². The minimum Gasteiger partial charge on any atom is -0.493 e. The summed E-state index contributed by atoms with van der Waals surface area (Å²) in [6.45, 7) is 0.152. The topological polar surface area (TPSA) is 87.5 Å². The van der Waals surface area contributed by atoms with Crippen LogP contribution in [0.25, 0.3) is 11.3 Å². The average Bonchev–Trinajstić information content (AvgIpc) is 3.32. The number of nitrogens with zero attached hydrogens (tertiary/aromatic N) is 3. The van der Waals surface area contributed by atoms with Crippen molar-refractivity contribution in [1.82, 2.24) is 14.8 Å². The van der Waals surface area contributed by atoms with Gasteiger partial charge in [-0.15, -0.1) is 0 Å². The maximum atomic E-state index is 12.4. The monoisotopic (exact) mass is 378 g/mol. The molecule has 8 nitrogen and oxygen atoms in total. The molecule has 0 radical (unpaired) electrons. The summed E-state index contributed by atoms with van der Waals surface area (Å²) in [5.74, 6) is 2.23. The smallest absolute Gasteiger partial charge is 0.231 e. The highest BCUT2D eigenvalue weighted by Crippen LogP contribution is 2.48. The van der Waals surface area contributed by atoms with E-state index in [9.17, 15) is 4.79 Å². The Bertz CT molecular complexity index is 1080. The molecule has 3 aromatic rings. The molecule has 0 fully saturated rings. The summed E-state index contributed by atoms with van der Waals surface area (Å²) in [5.41, 5.74) is 3.56. The molecule has 0 saturated carbocycles. The third-order valence-electron chi connectivity index (χ3n) is 5.10. The van der Waals surface area contributed by atoms with Gasteiger partial charge in [-0.05, 0) is 29.8 Å². The molecule has 1 amide bonds. The number of hydrogen-bond donors (Lipinski definition) is 1. The van der Waals surface area contributed by atoms with Gasteiger partial charge in [0.05, 0.1) is 12.8 Å². The van der Waals surface area contributed by atoms with E-state index >= 15 is 0 Å². The number of aromatic nitrogens is 3. The molecule has 0 unspecified atom stereocenters. The molecule has 0 bridgehead atoms. The van der Waals surface area contributed by atoms with Crippen molar-refractivity contribution < 1.29 is 19.0 Å². The zero-order valence-electron chi connectivity index (χ0n) is 15.4. The van der Waals surface area contributed by atoms with Gasteiger partial charge >= 0.3 is 0 Å². The van der Waals surface area contributed by atoms with Crippen molar-refractivity contribution in [3.63, 3.8) is 0 Å². The molecule has 8 heteroatoms. The fourth-order valence-electron chi connectivity index (χ4n) is 3.84. The third-order valence-corrected chi connectivity index (χ3v) is 5.10. The molecule has 1 N–H and O–H groups in total. The molecule has 0 saturated heterocycles. The molecular formula is C20H18N4O4. The number of amides is 1. The van der Waals surface area contributed by atoms with Crippen LogP contribution >= 0.6 is 0 Å². The summed E-state index contributed by atoms with van der Waals surface area (Å²) in [7, 11) is 3.41. The van der Waals surface area contributed by atoms with Crippen LogP contribution in [-0.2, 0) is 11.8 Å². The van der Waals surface area contributed by atoms with Gasteiger partial charge in [0, 0.05) is 42.9 Å². The molecule has 4 heterocycles. The number of aryl methyl sites for hydroxylation is 1. The van der Waals surface area contributed by atoms with Gasteiger partial charge in [0.1, 0.15) is 5.82 Å². The summed E-state index contributed by atoms with van der Waals surface area (Å²) in [6, 6.07) is 7.65. The minimum absolute atomic E-state index is 0.0603. The van der Waals surface area contributed by atoms with Crippen LogP contribution < -0.4 is 19.5 Å². The summed E-state index contributed by atoms with van der Waals surface area (Å²) in [6.07, 6.45) is 3.80. The Morgan fingerprint density at radius 2 is 2.21 bits per heavy atom. The Kier molecular flexibility index (Phi) is 3.71. The van der Waals surface area contributed by atoms with E-state index in [0.29, 0.717) is 29.5 Å². The second-order valence-corrected chi connectivity index (χ2v) is 6.74. The Labute approximate surface area is 161 Å². The number of hydrogen-bond acceptors (Lipinski definition) is 6. The van der Waals surface area contributed by atoms with Crippen LogP contribution in [0.5, 0.6) is 17.2 Å². The lowest BCUT2D eigenvalue weighted by molar-refractivity contribution is -0.116. The first-order valence-corrected chi connectivity index (χ1v) is 8.90. The van der Waals surface area contributed by atoms with Crippen LogP contribution in [-0.4, -0.2) is 34.6 Å².